The molecule has 0 aromatic carbocycles. The second-order valence-electron chi connectivity index (χ2n) is 3.15. The predicted octanol–water partition coefficient (Wildman–Crippen LogP) is 2.96. The number of methoxy groups -OCH3 is 1. The van der Waals surface area contributed by atoms with Crippen LogP contribution in [0.2, 0.25) is 0 Å². The van der Waals surface area contributed by atoms with E-state index in [9.17, 15) is 0 Å². The van der Waals surface area contributed by atoms with E-state index in [1.54, 1.807) is 7.11 Å². The fourth-order valence-electron chi connectivity index (χ4n) is 0.651. The van der Waals surface area contributed by atoms with Crippen molar-refractivity contribution in [2.45, 2.75) is 13.8 Å². The zero-order valence-corrected chi connectivity index (χ0v) is 8.26. The summed E-state index contributed by atoms with van der Waals surface area (Å²) in [6, 6.07) is 0. The molecule has 0 aliphatic heterocycles. The molecular weight excluding hydrogens is 148 g/mol. The molecule has 12 heavy (non-hydrogen) atoms. The Balaban J connectivity index is 3.90. The zero-order valence-electron chi connectivity index (χ0n) is 8.26. The van der Waals surface area contributed by atoms with Crippen LogP contribution in [0.1, 0.15) is 13.8 Å². The van der Waals surface area contributed by atoms with Gasteiger partial charge in [0.05, 0.1) is 6.61 Å². The fourth-order valence-corrected chi connectivity index (χ4v) is 0.651. The fraction of sp³-hybridized carbons (Fsp3) is 0.455. The molecular formula is C11H18O. The first-order valence-corrected chi connectivity index (χ1v) is 4.11. The van der Waals surface area contributed by atoms with Crippen LogP contribution in [0.5, 0.6) is 0 Å². The highest BCUT2D eigenvalue weighted by Crippen LogP contribution is 2.08. The quantitative estimate of drug-likeness (QED) is 0.570. The Bertz CT molecular complexity index is 187. The van der Waals surface area contributed by atoms with Gasteiger partial charge in [0.25, 0.3) is 0 Å². The van der Waals surface area contributed by atoms with E-state index in [0.717, 1.165) is 11.1 Å². The van der Waals surface area contributed by atoms with E-state index in [1.807, 2.05) is 12.2 Å². The Hall–Kier alpha value is -0.820. The molecule has 0 aromatic heterocycles. The lowest BCUT2D eigenvalue weighted by atomic mass is 10.0. The molecule has 1 nitrogen and oxygen atoms in total. The highest BCUT2D eigenvalue weighted by molar-refractivity contribution is 5.25. The van der Waals surface area contributed by atoms with Crippen molar-refractivity contribution in [3.63, 3.8) is 0 Å². The first kappa shape index (κ1) is 11.2. The van der Waals surface area contributed by atoms with Crippen molar-refractivity contribution in [1.29, 1.82) is 0 Å². The molecule has 0 aromatic rings. The van der Waals surface area contributed by atoms with Gasteiger partial charge in [-0.15, -0.1) is 0 Å². The van der Waals surface area contributed by atoms with E-state index < -0.39 is 0 Å². The van der Waals surface area contributed by atoms with Crippen LogP contribution in [-0.4, -0.2) is 13.7 Å². The maximum atomic E-state index is 4.92. The zero-order chi connectivity index (χ0) is 9.56. The average molecular weight is 166 g/mol. The minimum absolute atomic E-state index is 0.497. The normalized spacial score (nSPS) is 11.0. The van der Waals surface area contributed by atoms with Crippen molar-refractivity contribution in [3.05, 3.63) is 36.5 Å². The smallest absolute Gasteiger partial charge is 0.0707 e. The van der Waals surface area contributed by atoms with Crippen LogP contribution in [0.4, 0.5) is 0 Å². The molecule has 0 spiro atoms. The third kappa shape index (κ3) is 4.91. The van der Waals surface area contributed by atoms with Gasteiger partial charge < -0.3 is 4.74 Å². The monoisotopic (exact) mass is 166 g/mol. The van der Waals surface area contributed by atoms with Crippen LogP contribution < -0.4 is 0 Å². The number of rotatable bonds is 5. The van der Waals surface area contributed by atoms with Gasteiger partial charge in [-0.3, -0.25) is 0 Å². The highest BCUT2D eigenvalue weighted by Gasteiger charge is 1.94. The van der Waals surface area contributed by atoms with Crippen molar-refractivity contribution in [3.8, 4) is 0 Å². The van der Waals surface area contributed by atoms with Crippen molar-refractivity contribution in [2.24, 2.45) is 5.92 Å². The maximum absolute atomic E-state index is 4.92. The summed E-state index contributed by atoms with van der Waals surface area (Å²) in [5.74, 6) is 0.497. The minimum atomic E-state index is 0.497. The number of allylic oxidation sites excluding steroid dienone is 2. The molecule has 0 heterocycles. The Labute approximate surface area is 75.4 Å². The summed E-state index contributed by atoms with van der Waals surface area (Å²) >= 11 is 0. The van der Waals surface area contributed by atoms with E-state index in [4.69, 9.17) is 4.74 Å². The van der Waals surface area contributed by atoms with Crippen LogP contribution >= 0.6 is 0 Å². The Morgan fingerprint density at radius 2 is 1.92 bits per heavy atom. The van der Waals surface area contributed by atoms with E-state index in [-0.39, 0.29) is 0 Å². The van der Waals surface area contributed by atoms with Gasteiger partial charge >= 0.3 is 0 Å². The van der Waals surface area contributed by atoms with Gasteiger partial charge in [-0.05, 0) is 11.5 Å². The molecule has 0 N–H and O–H groups in total. The molecule has 0 atom stereocenters. The Kier molecular flexibility index (Phi) is 5.39. The lowest BCUT2D eigenvalue weighted by Gasteiger charge is -2.03. The van der Waals surface area contributed by atoms with Gasteiger partial charge in [0.2, 0.25) is 0 Å². The SMILES string of the molecule is C=C(/C=C\C(=C)C(C)C)COC. The van der Waals surface area contributed by atoms with Gasteiger partial charge in [0, 0.05) is 7.11 Å². The van der Waals surface area contributed by atoms with E-state index >= 15 is 0 Å². The molecule has 0 aliphatic rings. The first-order valence-electron chi connectivity index (χ1n) is 4.11. The van der Waals surface area contributed by atoms with Crippen LogP contribution in [0.25, 0.3) is 0 Å². The van der Waals surface area contributed by atoms with Crippen molar-refractivity contribution in [1.82, 2.24) is 0 Å². The molecule has 0 rings (SSSR count). The second kappa shape index (κ2) is 5.78. The van der Waals surface area contributed by atoms with Gasteiger partial charge in [0.15, 0.2) is 0 Å². The van der Waals surface area contributed by atoms with Crippen LogP contribution in [0.3, 0.4) is 0 Å². The standard InChI is InChI=1S/C11H18O/c1-9(2)11(4)7-6-10(3)8-12-5/h6-7,9H,3-4,8H2,1-2,5H3/b7-6-. The molecule has 0 radical (unpaired) electrons. The Morgan fingerprint density at radius 3 is 2.33 bits per heavy atom. The summed E-state index contributed by atoms with van der Waals surface area (Å²) in [7, 11) is 1.66. The van der Waals surface area contributed by atoms with Gasteiger partial charge in [-0.1, -0.05) is 44.7 Å². The summed E-state index contributed by atoms with van der Waals surface area (Å²) in [5, 5.41) is 0. The Morgan fingerprint density at radius 1 is 1.33 bits per heavy atom. The lowest BCUT2D eigenvalue weighted by molar-refractivity contribution is 0.228. The minimum Gasteiger partial charge on any atom is -0.380 e. The van der Waals surface area contributed by atoms with Crippen molar-refractivity contribution < 1.29 is 4.74 Å². The topological polar surface area (TPSA) is 9.23 Å². The number of hydrogen-bond acceptors (Lipinski definition) is 1. The van der Waals surface area contributed by atoms with E-state index in [0.29, 0.717) is 12.5 Å². The predicted molar refractivity (Wildman–Crippen MR) is 54.1 cm³/mol. The largest absolute Gasteiger partial charge is 0.380 e. The summed E-state index contributed by atoms with van der Waals surface area (Å²) < 4.78 is 4.92. The molecule has 68 valence electrons. The summed E-state index contributed by atoms with van der Waals surface area (Å²) in [6.07, 6.45) is 3.94. The van der Waals surface area contributed by atoms with E-state index in [2.05, 4.69) is 27.0 Å². The average Bonchev–Trinajstić information content (AvgIpc) is 2.00. The van der Waals surface area contributed by atoms with Gasteiger partial charge in [-0.2, -0.15) is 0 Å². The molecule has 0 saturated heterocycles. The number of ether oxygens (including phenoxy) is 1. The third-order valence-corrected chi connectivity index (χ3v) is 1.60. The summed E-state index contributed by atoms with van der Waals surface area (Å²) in [5.41, 5.74) is 2.09. The number of hydrogen-bond donors (Lipinski definition) is 0. The van der Waals surface area contributed by atoms with Crippen LogP contribution in [-0.2, 0) is 4.74 Å². The molecule has 0 bridgehead atoms. The van der Waals surface area contributed by atoms with Gasteiger partial charge in [-0.25, -0.2) is 0 Å². The molecule has 0 unspecified atom stereocenters. The van der Waals surface area contributed by atoms with Crippen molar-refractivity contribution in [2.75, 3.05) is 13.7 Å². The van der Waals surface area contributed by atoms with Crippen molar-refractivity contribution >= 4 is 0 Å². The molecule has 0 fully saturated rings. The summed E-state index contributed by atoms with van der Waals surface area (Å²) in [6.45, 7) is 12.6. The third-order valence-electron chi connectivity index (χ3n) is 1.60. The summed E-state index contributed by atoms with van der Waals surface area (Å²) in [4.78, 5) is 0. The highest BCUT2D eigenvalue weighted by atomic mass is 16.5. The maximum Gasteiger partial charge on any atom is 0.0707 e. The lowest BCUT2D eigenvalue weighted by Crippen LogP contribution is -1.91. The molecule has 1 heteroatoms. The first-order chi connectivity index (χ1) is 5.57. The second-order valence-corrected chi connectivity index (χ2v) is 3.15. The van der Waals surface area contributed by atoms with E-state index in [1.165, 1.54) is 0 Å². The van der Waals surface area contributed by atoms with Crippen LogP contribution in [0, 0.1) is 5.92 Å². The molecule has 0 saturated carbocycles. The van der Waals surface area contributed by atoms with Gasteiger partial charge in [0.1, 0.15) is 0 Å². The molecule has 0 amide bonds. The molecule has 0 aliphatic carbocycles. The van der Waals surface area contributed by atoms with Crippen LogP contribution in [0.15, 0.2) is 36.5 Å².